The van der Waals surface area contributed by atoms with Crippen LogP contribution in [0, 0.1) is 5.82 Å². The molecule has 136 valence electrons. The van der Waals surface area contributed by atoms with Gasteiger partial charge in [-0.25, -0.2) is 22.5 Å². The second kappa shape index (κ2) is 6.61. The molecule has 0 saturated carbocycles. The summed E-state index contributed by atoms with van der Waals surface area (Å²) in [6.45, 7) is 0. The molecule has 2 N–H and O–H groups in total. The third-order valence-electron chi connectivity index (χ3n) is 4.46. The van der Waals surface area contributed by atoms with Crippen LogP contribution in [0.5, 0.6) is 0 Å². The largest absolute Gasteiger partial charge is 0.345 e. The molecule has 0 aliphatic rings. The van der Waals surface area contributed by atoms with E-state index in [-0.39, 0.29) is 4.90 Å². The van der Waals surface area contributed by atoms with E-state index >= 15 is 0 Å². The Balaban J connectivity index is 1.81. The Labute approximate surface area is 155 Å². The topological polar surface area (TPSA) is 74.8 Å². The molecule has 0 aliphatic heterocycles. The van der Waals surface area contributed by atoms with Crippen LogP contribution >= 0.6 is 0 Å². The van der Waals surface area contributed by atoms with Crippen molar-refractivity contribution in [3.63, 3.8) is 0 Å². The fourth-order valence-corrected chi connectivity index (χ4v) is 4.02. The molecule has 7 heteroatoms. The van der Waals surface area contributed by atoms with Gasteiger partial charge in [0, 0.05) is 11.1 Å². The van der Waals surface area contributed by atoms with Crippen LogP contribution in [0.4, 0.5) is 4.39 Å². The molecule has 0 aliphatic carbocycles. The molecule has 1 aromatic heterocycles. The summed E-state index contributed by atoms with van der Waals surface area (Å²) in [6.07, 6.45) is 1.59. The molecule has 27 heavy (non-hydrogen) atoms. The molecule has 0 saturated heterocycles. The van der Waals surface area contributed by atoms with Crippen LogP contribution in [0.1, 0.15) is 0 Å². The summed E-state index contributed by atoms with van der Waals surface area (Å²) in [7, 11) is -2.30. The Kier molecular flexibility index (Phi) is 4.25. The number of nitrogens with zero attached hydrogens (tertiary/aromatic N) is 1. The Bertz CT molecular complexity index is 1250. The van der Waals surface area contributed by atoms with Gasteiger partial charge in [0.25, 0.3) is 0 Å². The molecule has 1 heterocycles. The number of rotatable bonds is 4. The molecule has 0 spiro atoms. The predicted octanol–water partition coefficient (Wildman–Crippen LogP) is 3.94. The van der Waals surface area contributed by atoms with Crippen LogP contribution in [0.15, 0.2) is 71.9 Å². The second-order valence-corrected chi connectivity index (χ2v) is 7.89. The van der Waals surface area contributed by atoms with Crippen LogP contribution in [-0.2, 0) is 10.0 Å². The predicted molar refractivity (Wildman–Crippen MR) is 103 cm³/mol. The van der Waals surface area contributed by atoms with E-state index in [1.54, 1.807) is 42.7 Å². The first-order valence-electron chi connectivity index (χ1n) is 8.25. The molecule has 4 aromatic rings. The van der Waals surface area contributed by atoms with Gasteiger partial charge >= 0.3 is 0 Å². The minimum absolute atomic E-state index is 0.110. The summed E-state index contributed by atoms with van der Waals surface area (Å²) in [4.78, 5) is 7.28. The first-order chi connectivity index (χ1) is 13.0. The van der Waals surface area contributed by atoms with Crippen molar-refractivity contribution in [3.05, 3.63) is 72.8 Å². The quantitative estimate of drug-likeness (QED) is 0.562. The van der Waals surface area contributed by atoms with Gasteiger partial charge < -0.3 is 4.98 Å². The minimum Gasteiger partial charge on any atom is -0.345 e. The van der Waals surface area contributed by atoms with Crippen LogP contribution in [-0.4, -0.2) is 25.4 Å². The Morgan fingerprint density at radius 2 is 1.70 bits per heavy atom. The summed E-state index contributed by atoms with van der Waals surface area (Å²) >= 11 is 0. The lowest BCUT2D eigenvalue weighted by molar-refractivity contribution is 0.588. The van der Waals surface area contributed by atoms with Crippen molar-refractivity contribution < 1.29 is 12.8 Å². The summed E-state index contributed by atoms with van der Waals surface area (Å²) in [5, 5.41) is 0. The zero-order valence-electron chi connectivity index (χ0n) is 14.4. The summed E-state index contributed by atoms with van der Waals surface area (Å²) < 4.78 is 41.7. The highest BCUT2D eigenvalue weighted by Crippen LogP contribution is 2.32. The fourth-order valence-electron chi connectivity index (χ4n) is 3.07. The second-order valence-electron chi connectivity index (χ2n) is 6.03. The fraction of sp³-hybridized carbons (Fsp3) is 0.0500. The molecule has 0 amide bonds. The van der Waals surface area contributed by atoms with Crippen molar-refractivity contribution in [2.24, 2.45) is 0 Å². The van der Waals surface area contributed by atoms with Crippen molar-refractivity contribution in [1.82, 2.24) is 14.7 Å². The number of sulfonamides is 1. The third-order valence-corrected chi connectivity index (χ3v) is 5.93. The van der Waals surface area contributed by atoms with Crippen molar-refractivity contribution >= 4 is 21.1 Å². The van der Waals surface area contributed by atoms with Crippen molar-refractivity contribution in [1.29, 1.82) is 0 Å². The van der Waals surface area contributed by atoms with Gasteiger partial charge in [-0.15, -0.1) is 0 Å². The molecule has 3 aromatic carbocycles. The maximum absolute atomic E-state index is 14.9. The van der Waals surface area contributed by atoms with Crippen LogP contribution in [0.2, 0.25) is 0 Å². The number of aromatic amines is 1. The van der Waals surface area contributed by atoms with E-state index in [1.807, 2.05) is 12.1 Å². The number of fused-ring (bicyclic) bond motifs is 1. The number of hydrogen-bond donors (Lipinski definition) is 2. The smallest absolute Gasteiger partial charge is 0.240 e. The zero-order valence-corrected chi connectivity index (χ0v) is 15.2. The van der Waals surface area contributed by atoms with Gasteiger partial charge in [-0.3, -0.25) is 0 Å². The highest BCUT2D eigenvalue weighted by atomic mass is 32.2. The maximum atomic E-state index is 14.9. The molecular formula is C20H16FN3O2S. The molecule has 0 bridgehead atoms. The van der Waals surface area contributed by atoms with E-state index in [0.717, 1.165) is 11.0 Å². The van der Waals surface area contributed by atoms with Crippen molar-refractivity contribution in [2.75, 3.05) is 7.05 Å². The lowest BCUT2D eigenvalue weighted by Crippen LogP contribution is -2.19. The molecule has 4 rings (SSSR count). The van der Waals surface area contributed by atoms with Crippen LogP contribution in [0.25, 0.3) is 33.3 Å². The highest BCUT2D eigenvalue weighted by Gasteiger charge is 2.18. The molecule has 0 fully saturated rings. The summed E-state index contributed by atoms with van der Waals surface area (Å²) in [5.41, 5.74) is 3.72. The summed E-state index contributed by atoms with van der Waals surface area (Å²) in [5.74, 6) is -0.428. The number of H-pyrrole nitrogens is 1. The van der Waals surface area contributed by atoms with Gasteiger partial charge in [0.2, 0.25) is 10.0 Å². The average Bonchev–Trinajstić information content (AvgIpc) is 3.15. The Morgan fingerprint density at radius 3 is 2.48 bits per heavy atom. The molecule has 0 unspecified atom stereocenters. The normalized spacial score (nSPS) is 11.8. The van der Waals surface area contributed by atoms with E-state index < -0.39 is 15.8 Å². The number of hydrogen-bond acceptors (Lipinski definition) is 3. The van der Waals surface area contributed by atoms with Gasteiger partial charge in [0.1, 0.15) is 5.82 Å². The van der Waals surface area contributed by atoms with E-state index in [9.17, 15) is 12.8 Å². The van der Waals surface area contributed by atoms with E-state index in [0.29, 0.717) is 22.3 Å². The average molecular weight is 381 g/mol. The van der Waals surface area contributed by atoms with Gasteiger partial charge in [-0.1, -0.05) is 36.4 Å². The maximum Gasteiger partial charge on any atom is 0.240 e. The monoisotopic (exact) mass is 381 g/mol. The number of halogens is 1. The number of nitrogens with one attached hydrogen (secondary N) is 2. The number of imidazole rings is 1. The van der Waals surface area contributed by atoms with Crippen molar-refractivity contribution in [3.8, 4) is 22.3 Å². The first kappa shape index (κ1) is 17.4. The zero-order chi connectivity index (χ0) is 19.0. The Morgan fingerprint density at radius 1 is 0.963 bits per heavy atom. The lowest BCUT2D eigenvalue weighted by atomic mass is 9.99. The molecule has 0 radical (unpaired) electrons. The number of aromatic nitrogens is 2. The SMILES string of the molecule is CNS(=O)(=O)c1ccccc1-c1ccc(-c2ccc3nc[nH]c3c2)c(F)c1. The molecule has 0 atom stereocenters. The third kappa shape index (κ3) is 3.11. The van der Waals surface area contributed by atoms with Crippen LogP contribution in [0.3, 0.4) is 0 Å². The van der Waals surface area contributed by atoms with Gasteiger partial charge in [0.05, 0.1) is 22.3 Å². The molecular weight excluding hydrogens is 365 g/mol. The lowest BCUT2D eigenvalue weighted by Gasteiger charge is -2.11. The van der Waals surface area contributed by atoms with E-state index in [2.05, 4.69) is 14.7 Å². The minimum atomic E-state index is -3.65. The van der Waals surface area contributed by atoms with Crippen LogP contribution < -0.4 is 4.72 Å². The highest BCUT2D eigenvalue weighted by molar-refractivity contribution is 7.89. The standard InChI is InChI=1S/C20H16FN3O2S/c1-22-27(25,26)20-5-3-2-4-16(20)13-6-8-15(17(21)10-13)14-7-9-18-19(11-14)24-12-23-18/h2-12,22H,1H3,(H,23,24). The van der Waals surface area contributed by atoms with E-state index in [4.69, 9.17) is 0 Å². The molecule has 5 nitrogen and oxygen atoms in total. The Hall–Kier alpha value is -3.03. The van der Waals surface area contributed by atoms with Gasteiger partial charge in [0.15, 0.2) is 0 Å². The van der Waals surface area contributed by atoms with Gasteiger partial charge in [-0.2, -0.15) is 0 Å². The number of benzene rings is 3. The van der Waals surface area contributed by atoms with Gasteiger partial charge in [-0.05, 0) is 42.4 Å². The van der Waals surface area contributed by atoms with E-state index in [1.165, 1.54) is 19.2 Å². The van der Waals surface area contributed by atoms with Crippen molar-refractivity contribution in [2.45, 2.75) is 4.90 Å². The summed E-state index contributed by atoms with van der Waals surface area (Å²) in [6, 6.07) is 16.7. The first-order valence-corrected chi connectivity index (χ1v) is 9.74.